The van der Waals surface area contributed by atoms with Crippen LogP contribution in [0.15, 0.2) is 47.6 Å². The smallest absolute Gasteiger partial charge is 0.249 e. The van der Waals surface area contributed by atoms with Crippen LogP contribution in [-0.4, -0.2) is 38.2 Å². The number of methoxy groups -OCH3 is 1. The van der Waals surface area contributed by atoms with Gasteiger partial charge >= 0.3 is 0 Å². The third kappa shape index (κ3) is 8.79. The molecule has 2 amide bonds. The molecule has 2 aromatic carbocycles. The molecule has 0 saturated carbocycles. The largest absolute Gasteiger partial charge is 0.497 e. The summed E-state index contributed by atoms with van der Waals surface area (Å²) in [7, 11) is 1.53. The summed E-state index contributed by atoms with van der Waals surface area (Å²) >= 11 is 2.18. The van der Waals surface area contributed by atoms with Crippen molar-refractivity contribution in [2.75, 3.05) is 30.4 Å². The van der Waals surface area contributed by atoms with Gasteiger partial charge < -0.3 is 15.0 Å². The number of nitriles is 2. The van der Waals surface area contributed by atoms with Gasteiger partial charge in [-0.25, -0.2) is 5.43 Å². The molecule has 0 atom stereocenters. The maximum atomic E-state index is 12.0. The number of carbonyl (C=O) groups is 2. The first-order valence-corrected chi connectivity index (χ1v) is 11.1. The van der Waals surface area contributed by atoms with E-state index in [1.54, 1.807) is 24.3 Å². The number of nitrogens with zero attached hydrogens (tertiary/aromatic N) is 4. The molecule has 0 radical (unpaired) electrons. The van der Waals surface area contributed by atoms with Gasteiger partial charge in [-0.1, -0.05) is 12.1 Å². The Balaban J connectivity index is 1.91. The highest BCUT2D eigenvalue weighted by Crippen LogP contribution is 2.24. The van der Waals surface area contributed by atoms with Crippen LogP contribution in [0.25, 0.3) is 0 Å². The van der Waals surface area contributed by atoms with Gasteiger partial charge in [-0.05, 0) is 52.4 Å². The molecule has 170 valence electrons. The van der Waals surface area contributed by atoms with Gasteiger partial charge in [-0.15, -0.1) is 0 Å². The predicted octanol–water partition coefficient (Wildman–Crippen LogP) is 3.41. The van der Waals surface area contributed by atoms with Crippen LogP contribution in [0.3, 0.4) is 0 Å². The minimum Gasteiger partial charge on any atom is -0.497 e. The number of benzene rings is 2. The minimum absolute atomic E-state index is 0.363. The zero-order valence-corrected chi connectivity index (χ0v) is 20.2. The molecule has 0 bridgehead atoms. The maximum absolute atomic E-state index is 12.0. The van der Waals surface area contributed by atoms with E-state index in [2.05, 4.69) is 50.6 Å². The van der Waals surface area contributed by atoms with Gasteiger partial charge in [-0.2, -0.15) is 15.6 Å². The summed E-state index contributed by atoms with van der Waals surface area (Å²) in [6.07, 6.45) is 1.83. The van der Waals surface area contributed by atoms with Crippen molar-refractivity contribution in [1.82, 2.24) is 5.43 Å². The molecule has 10 heteroatoms. The molecule has 9 nitrogen and oxygen atoms in total. The average molecular weight is 558 g/mol. The Labute approximate surface area is 206 Å². The second kappa shape index (κ2) is 13.7. The van der Waals surface area contributed by atoms with Crippen LogP contribution in [0.2, 0.25) is 0 Å². The Morgan fingerprint density at radius 2 is 1.85 bits per heavy atom. The quantitative estimate of drug-likeness (QED) is 0.188. The minimum atomic E-state index is -0.544. The highest BCUT2D eigenvalue weighted by Gasteiger charge is 2.11. The molecule has 0 aliphatic heterocycles. The van der Waals surface area contributed by atoms with Gasteiger partial charge in [0.2, 0.25) is 11.8 Å². The van der Waals surface area contributed by atoms with Crippen molar-refractivity contribution in [2.24, 2.45) is 5.10 Å². The lowest BCUT2D eigenvalue weighted by Gasteiger charge is -2.24. The van der Waals surface area contributed by atoms with Crippen LogP contribution in [0.5, 0.6) is 5.75 Å². The Morgan fingerprint density at radius 1 is 1.12 bits per heavy atom. The van der Waals surface area contributed by atoms with Crippen molar-refractivity contribution in [1.29, 1.82) is 10.5 Å². The fourth-order valence-electron chi connectivity index (χ4n) is 2.85. The standard InChI is InChI=1S/C23H23IN6O3/c1-33-19-6-2-5-18(14-19)28-22(31)15-23(32)29-27-16-17-7-8-21(20(24)13-17)30(11-3-9-25)12-4-10-26/h2,5-8,13-14,16H,3-4,11-12,15H2,1H3,(H,28,31)(H,29,32). The Morgan fingerprint density at radius 3 is 2.48 bits per heavy atom. The molecule has 0 heterocycles. The van der Waals surface area contributed by atoms with Crippen LogP contribution in [0, 0.1) is 26.2 Å². The number of hydrazone groups is 1. The van der Waals surface area contributed by atoms with E-state index in [9.17, 15) is 9.59 Å². The SMILES string of the molecule is COc1cccc(NC(=O)CC(=O)NN=Cc2ccc(N(CCC#N)CCC#N)c(I)c2)c1. The number of hydrogen-bond acceptors (Lipinski definition) is 7. The number of halogens is 1. The van der Waals surface area contributed by atoms with Gasteiger partial charge in [-0.3, -0.25) is 9.59 Å². The number of anilines is 2. The van der Waals surface area contributed by atoms with E-state index >= 15 is 0 Å². The average Bonchev–Trinajstić information content (AvgIpc) is 2.79. The van der Waals surface area contributed by atoms with Crippen molar-refractivity contribution in [2.45, 2.75) is 19.3 Å². The van der Waals surface area contributed by atoms with Gasteiger partial charge in [0.15, 0.2) is 0 Å². The zero-order valence-electron chi connectivity index (χ0n) is 18.0. The van der Waals surface area contributed by atoms with Crippen LogP contribution in [0.1, 0.15) is 24.8 Å². The second-order valence-electron chi connectivity index (χ2n) is 6.76. The fraction of sp³-hybridized carbons (Fsp3) is 0.261. The maximum Gasteiger partial charge on any atom is 0.249 e. The summed E-state index contributed by atoms with van der Waals surface area (Å²) in [5.41, 5.74) is 4.56. The molecule has 0 aliphatic carbocycles. The number of hydrogen-bond donors (Lipinski definition) is 2. The normalized spacial score (nSPS) is 10.2. The molecule has 0 aliphatic rings. The predicted molar refractivity (Wildman–Crippen MR) is 134 cm³/mol. The van der Waals surface area contributed by atoms with Crippen LogP contribution >= 0.6 is 22.6 Å². The van der Waals surface area contributed by atoms with Crippen molar-refractivity contribution in [3.63, 3.8) is 0 Å². The second-order valence-corrected chi connectivity index (χ2v) is 7.93. The summed E-state index contributed by atoms with van der Waals surface area (Å²) in [5.74, 6) is -0.414. The molecule has 2 rings (SSSR count). The topological polar surface area (TPSA) is 131 Å². The molecule has 0 saturated heterocycles. The lowest BCUT2D eigenvalue weighted by molar-refractivity contribution is -0.126. The van der Waals surface area contributed by atoms with Gasteiger partial charge in [0, 0.05) is 28.4 Å². The first kappa shape index (κ1) is 25.6. The van der Waals surface area contributed by atoms with Crippen molar-refractivity contribution in [3.8, 4) is 17.9 Å². The van der Waals surface area contributed by atoms with E-state index in [4.69, 9.17) is 15.3 Å². The Kier molecular flexibility index (Phi) is 10.6. The highest BCUT2D eigenvalue weighted by atomic mass is 127. The number of amides is 2. The summed E-state index contributed by atoms with van der Waals surface area (Å²) in [4.78, 5) is 26.0. The molecular weight excluding hydrogens is 535 g/mol. The summed E-state index contributed by atoms with van der Waals surface area (Å²) in [5, 5.41) is 24.3. The van der Waals surface area contributed by atoms with Crippen molar-refractivity contribution in [3.05, 3.63) is 51.6 Å². The fourth-order valence-corrected chi connectivity index (χ4v) is 3.73. The number of carbonyl (C=O) groups excluding carboxylic acids is 2. The molecule has 33 heavy (non-hydrogen) atoms. The summed E-state index contributed by atoms with van der Waals surface area (Å²) < 4.78 is 6.02. The van der Waals surface area contributed by atoms with Crippen molar-refractivity contribution >= 4 is 52.0 Å². The van der Waals surface area contributed by atoms with E-state index in [0.29, 0.717) is 37.4 Å². The molecule has 2 N–H and O–H groups in total. The third-order valence-electron chi connectivity index (χ3n) is 4.38. The first-order chi connectivity index (χ1) is 16.0. The molecule has 2 aromatic rings. The monoisotopic (exact) mass is 558 g/mol. The molecule has 0 unspecified atom stereocenters. The van der Waals surface area contributed by atoms with Gasteiger partial charge in [0.25, 0.3) is 0 Å². The summed E-state index contributed by atoms with van der Waals surface area (Å²) in [6, 6.07) is 16.7. The molecule has 0 fully saturated rings. The van der Waals surface area contributed by atoms with E-state index in [1.165, 1.54) is 13.3 Å². The lowest BCUT2D eigenvalue weighted by atomic mass is 10.2. The highest BCUT2D eigenvalue weighted by molar-refractivity contribution is 14.1. The van der Waals surface area contributed by atoms with E-state index < -0.39 is 11.8 Å². The van der Waals surface area contributed by atoms with E-state index in [1.807, 2.05) is 23.1 Å². The van der Waals surface area contributed by atoms with Crippen LogP contribution < -0.4 is 20.4 Å². The molecule has 0 aromatic heterocycles. The van der Waals surface area contributed by atoms with E-state index in [0.717, 1.165) is 14.8 Å². The third-order valence-corrected chi connectivity index (χ3v) is 5.24. The zero-order chi connectivity index (χ0) is 24.1. The number of nitrogens with one attached hydrogen (secondary N) is 2. The molecule has 0 spiro atoms. The van der Waals surface area contributed by atoms with Crippen LogP contribution in [0.4, 0.5) is 11.4 Å². The number of ether oxygens (including phenoxy) is 1. The van der Waals surface area contributed by atoms with E-state index in [-0.39, 0.29) is 6.42 Å². The van der Waals surface area contributed by atoms with Crippen molar-refractivity contribution < 1.29 is 14.3 Å². The summed E-state index contributed by atoms with van der Waals surface area (Å²) in [6.45, 7) is 1.07. The Bertz CT molecular complexity index is 1070. The lowest BCUT2D eigenvalue weighted by Crippen LogP contribution is -2.26. The first-order valence-electron chi connectivity index (χ1n) is 10.0. The molecular formula is C23H23IN6O3. The number of rotatable bonds is 11. The van der Waals surface area contributed by atoms with Gasteiger partial charge in [0.05, 0.1) is 44.0 Å². The van der Waals surface area contributed by atoms with Gasteiger partial charge in [0.1, 0.15) is 12.2 Å². The Hall–Kier alpha value is -3.64. The van der Waals surface area contributed by atoms with Crippen LogP contribution in [-0.2, 0) is 9.59 Å².